The lowest BCUT2D eigenvalue weighted by atomic mass is 10.1. The van der Waals surface area contributed by atoms with Crippen LogP contribution >= 0.6 is 11.6 Å². The van der Waals surface area contributed by atoms with Crippen LogP contribution in [0.25, 0.3) is 10.9 Å². The smallest absolute Gasteiger partial charge is 0.257 e. The number of hydrogen-bond donors (Lipinski definition) is 2. The molecule has 0 aliphatic rings. The van der Waals surface area contributed by atoms with Crippen LogP contribution in [-0.4, -0.2) is 18.0 Å². The monoisotopic (exact) mass is 314 g/mol. The van der Waals surface area contributed by atoms with E-state index < -0.39 is 0 Å². The second-order valence-corrected chi connectivity index (χ2v) is 5.44. The highest BCUT2D eigenvalue weighted by Gasteiger charge is 2.13. The van der Waals surface area contributed by atoms with E-state index in [4.69, 9.17) is 16.3 Å². The maximum atomic E-state index is 12.5. The highest BCUT2D eigenvalue weighted by Crippen LogP contribution is 2.25. The molecule has 1 heterocycles. The minimum atomic E-state index is -0.195. The SMILES string of the molecule is COc1ccc2[nH]cc(C(=O)Nc3ccc(C)c(Cl)c3)c2c1. The van der Waals surface area contributed by atoms with Gasteiger partial charge < -0.3 is 15.0 Å². The molecule has 5 heteroatoms. The normalized spacial score (nSPS) is 10.7. The van der Waals surface area contributed by atoms with Crippen molar-refractivity contribution >= 4 is 34.1 Å². The van der Waals surface area contributed by atoms with Crippen molar-refractivity contribution in [1.82, 2.24) is 4.98 Å². The third-order valence-corrected chi connectivity index (χ3v) is 3.97. The molecule has 3 aromatic rings. The summed E-state index contributed by atoms with van der Waals surface area (Å²) in [4.78, 5) is 15.6. The van der Waals surface area contributed by atoms with Gasteiger partial charge in [0.1, 0.15) is 5.75 Å². The molecule has 112 valence electrons. The van der Waals surface area contributed by atoms with Gasteiger partial charge >= 0.3 is 0 Å². The van der Waals surface area contributed by atoms with Crippen molar-refractivity contribution in [2.75, 3.05) is 12.4 Å². The summed E-state index contributed by atoms with van der Waals surface area (Å²) in [6.45, 7) is 1.92. The lowest BCUT2D eigenvalue weighted by Gasteiger charge is -2.06. The average Bonchev–Trinajstić information content (AvgIpc) is 2.94. The van der Waals surface area contributed by atoms with E-state index in [0.29, 0.717) is 22.0 Å². The maximum Gasteiger partial charge on any atom is 0.257 e. The van der Waals surface area contributed by atoms with Gasteiger partial charge in [0, 0.05) is 27.8 Å². The second-order valence-electron chi connectivity index (χ2n) is 5.03. The molecule has 0 spiro atoms. The number of H-pyrrole nitrogens is 1. The number of fused-ring (bicyclic) bond motifs is 1. The molecule has 0 aliphatic heterocycles. The molecule has 0 radical (unpaired) electrons. The number of rotatable bonds is 3. The first-order valence-electron chi connectivity index (χ1n) is 6.81. The maximum absolute atomic E-state index is 12.5. The summed E-state index contributed by atoms with van der Waals surface area (Å²) in [6, 6.07) is 11.0. The summed E-state index contributed by atoms with van der Waals surface area (Å²) < 4.78 is 5.21. The van der Waals surface area contributed by atoms with Crippen LogP contribution in [0.3, 0.4) is 0 Å². The number of anilines is 1. The molecule has 0 unspecified atom stereocenters. The fourth-order valence-electron chi connectivity index (χ4n) is 2.28. The van der Waals surface area contributed by atoms with Crippen molar-refractivity contribution in [2.24, 2.45) is 0 Å². The van der Waals surface area contributed by atoms with E-state index >= 15 is 0 Å². The fourth-order valence-corrected chi connectivity index (χ4v) is 2.46. The number of hydrogen-bond acceptors (Lipinski definition) is 2. The molecule has 3 rings (SSSR count). The number of aromatic nitrogens is 1. The van der Waals surface area contributed by atoms with Crippen molar-refractivity contribution < 1.29 is 9.53 Å². The molecule has 2 aromatic carbocycles. The highest BCUT2D eigenvalue weighted by atomic mass is 35.5. The zero-order chi connectivity index (χ0) is 15.7. The lowest BCUT2D eigenvalue weighted by Crippen LogP contribution is -2.11. The first-order valence-corrected chi connectivity index (χ1v) is 7.19. The van der Waals surface area contributed by atoms with Crippen LogP contribution < -0.4 is 10.1 Å². The summed E-state index contributed by atoms with van der Waals surface area (Å²) >= 11 is 6.08. The number of carbonyl (C=O) groups excluding carboxylic acids is 1. The van der Waals surface area contributed by atoms with Crippen LogP contribution in [0, 0.1) is 6.92 Å². The summed E-state index contributed by atoms with van der Waals surface area (Å²) in [5, 5.41) is 4.30. The van der Waals surface area contributed by atoms with Crippen LogP contribution in [0.1, 0.15) is 15.9 Å². The highest BCUT2D eigenvalue weighted by molar-refractivity contribution is 6.31. The van der Waals surface area contributed by atoms with Gasteiger partial charge in [0.15, 0.2) is 0 Å². The Morgan fingerprint density at radius 2 is 2.05 bits per heavy atom. The molecule has 0 atom stereocenters. The minimum Gasteiger partial charge on any atom is -0.497 e. The third kappa shape index (κ3) is 2.65. The number of halogens is 1. The van der Waals surface area contributed by atoms with Gasteiger partial charge in [-0.2, -0.15) is 0 Å². The zero-order valence-corrected chi connectivity index (χ0v) is 13.0. The minimum absolute atomic E-state index is 0.195. The molecule has 4 nitrogen and oxygen atoms in total. The van der Waals surface area contributed by atoms with Crippen molar-refractivity contribution in [3.05, 3.63) is 58.7 Å². The first-order chi connectivity index (χ1) is 10.6. The Bertz CT molecular complexity index is 855. The number of amides is 1. The molecule has 0 aliphatic carbocycles. The van der Waals surface area contributed by atoms with Crippen LogP contribution in [-0.2, 0) is 0 Å². The topological polar surface area (TPSA) is 54.1 Å². The van der Waals surface area contributed by atoms with Gasteiger partial charge in [0.2, 0.25) is 0 Å². The van der Waals surface area contributed by atoms with Gasteiger partial charge in [-0.15, -0.1) is 0 Å². The van der Waals surface area contributed by atoms with Crippen LogP contribution in [0.15, 0.2) is 42.6 Å². The molecule has 1 amide bonds. The average molecular weight is 315 g/mol. The molecular weight excluding hydrogens is 300 g/mol. The van der Waals surface area contributed by atoms with E-state index in [9.17, 15) is 4.79 Å². The van der Waals surface area contributed by atoms with Gasteiger partial charge in [-0.25, -0.2) is 0 Å². The predicted octanol–water partition coefficient (Wildman–Crippen LogP) is 4.39. The van der Waals surface area contributed by atoms with Crippen molar-refractivity contribution in [3.63, 3.8) is 0 Å². The van der Waals surface area contributed by atoms with Gasteiger partial charge in [0.05, 0.1) is 12.7 Å². The predicted molar refractivity (Wildman–Crippen MR) is 89.0 cm³/mol. The number of aromatic amines is 1. The second kappa shape index (κ2) is 5.73. The Morgan fingerprint density at radius 3 is 2.77 bits per heavy atom. The van der Waals surface area contributed by atoms with E-state index in [0.717, 1.165) is 16.5 Å². The van der Waals surface area contributed by atoms with Gasteiger partial charge in [-0.05, 0) is 42.8 Å². The number of aryl methyl sites for hydroxylation is 1. The lowest BCUT2D eigenvalue weighted by molar-refractivity contribution is 0.102. The summed E-state index contributed by atoms with van der Waals surface area (Å²) in [5.41, 5.74) is 3.08. The fraction of sp³-hybridized carbons (Fsp3) is 0.118. The van der Waals surface area contributed by atoms with E-state index in [1.165, 1.54) is 0 Å². The van der Waals surface area contributed by atoms with E-state index in [-0.39, 0.29) is 5.91 Å². The van der Waals surface area contributed by atoms with Crippen LogP contribution in [0.2, 0.25) is 5.02 Å². The van der Waals surface area contributed by atoms with Gasteiger partial charge in [-0.3, -0.25) is 4.79 Å². The largest absolute Gasteiger partial charge is 0.497 e. The Morgan fingerprint density at radius 1 is 1.23 bits per heavy atom. The quantitative estimate of drug-likeness (QED) is 0.753. The molecule has 0 fully saturated rings. The number of methoxy groups -OCH3 is 1. The number of nitrogens with one attached hydrogen (secondary N) is 2. The van der Waals surface area contributed by atoms with Crippen molar-refractivity contribution in [2.45, 2.75) is 6.92 Å². The zero-order valence-electron chi connectivity index (χ0n) is 12.2. The number of carbonyl (C=O) groups is 1. The van der Waals surface area contributed by atoms with Crippen molar-refractivity contribution in [1.29, 1.82) is 0 Å². The molecule has 2 N–H and O–H groups in total. The molecule has 0 saturated carbocycles. The Hall–Kier alpha value is -2.46. The summed E-state index contributed by atoms with van der Waals surface area (Å²) in [7, 11) is 1.60. The Balaban J connectivity index is 1.93. The summed E-state index contributed by atoms with van der Waals surface area (Å²) in [5.74, 6) is 0.513. The van der Waals surface area contributed by atoms with E-state index in [1.54, 1.807) is 19.4 Å². The van der Waals surface area contributed by atoms with Crippen molar-refractivity contribution in [3.8, 4) is 5.75 Å². The van der Waals surface area contributed by atoms with E-state index in [1.807, 2.05) is 37.3 Å². The molecule has 0 bridgehead atoms. The number of benzene rings is 2. The van der Waals surface area contributed by atoms with Crippen LogP contribution in [0.4, 0.5) is 5.69 Å². The molecule has 22 heavy (non-hydrogen) atoms. The van der Waals surface area contributed by atoms with Gasteiger partial charge in [-0.1, -0.05) is 17.7 Å². The van der Waals surface area contributed by atoms with E-state index in [2.05, 4.69) is 10.3 Å². The molecular formula is C17H15ClN2O2. The molecule has 1 aromatic heterocycles. The Kier molecular flexibility index (Phi) is 3.77. The first kappa shape index (κ1) is 14.5. The standard InChI is InChI=1S/C17H15ClN2O2/c1-10-3-4-11(7-15(10)18)20-17(21)14-9-19-16-6-5-12(22-2)8-13(14)16/h3-9,19H,1-2H3,(H,20,21). The Labute approximate surface area is 133 Å². The summed E-state index contributed by atoms with van der Waals surface area (Å²) in [6.07, 6.45) is 1.69. The third-order valence-electron chi connectivity index (χ3n) is 3.56. The van der Waals surface area contributed by atoms with Gasteiger partial charge in [0.25, 0.3) is 5.91 Å². The number of ether oxygens (including phenoxy) is 1. The molecule has 0 saturated heterocycles. The van der Waals surface area contributed by atoms with Crippen LogP contribution in [0.5, 0.6) is 5.75 Å².